The van der Waals surface area contributed by atoms with Gasteiger partial charge in [-0.15, -0.1) is 0 Å². The van der Waals surface area contributed by atoms with Crippen molar-refractivity contribution >= 4 is 41.4 Å². The summed E-state index contributed by atoms with van der Waals surface area (Å²) in [6.45, 7) is 12.2. The van der Waals surface area contributed by atoms with Crippen molar-refractivity contribution in [2.75, 3.05) is 20.8 Å². The van der Waals surface area contributed by atoms with Crippen LogP contribution in [0.5, 0.6) is 0 Å². The molecule has 0 amide bonds. The number of anilines is 2. The van der Waals surface area contributed by atoms with Crippen LogP contribution in [0.3, 0.4) is 0 Å². The largest absolute Gasteiger partial charge is 0.277 e. The monoisotopic (exact) mass is 618 g/mol. The van der Waals surface area contributed by atoms with Gasteiger partial charge in [-0.1, -0.05) is 71.9 Å². The van der Waals surface area contributed by atoms with Crippen LogP contribution in [0, 0.1) is 0 Å². The van der Waals surface area contributed by atoms with Crippen molar-refractivity contribution in [3.63, 3.8) is 0 Å². The van der Waals surface area contributed by atoms with Crippen molar-refractivity contribution in [1.82, 2.24) is 0 Å². The quantitative estimate of drug-likeness (QED) is 0.357. The molecule has 0 atom stereocenters. The van der Waals surface area contributed by atoms with E-state index >= 15 is 0 Å². The van der Waals surface area contributed by atoms with E-state index < -0.39 is 30.1 Å². The molecule has 0 saturated heterocycles. The summed E-state index contributed by atoms with van der Waals surface area (Å²) >= 11 is 0. The molecule has 8 nitrogen and oxygen atoms in total. The lowest BCUT2D eigenvalue weighted by molar-refractivity contribution is 0.579. The smallest absolute Gasteiger partial charge is 0.270 e. The molecule has 0 bridgehead atoms. The van der Waals surface area contributed by atoms with Gasteiger partial charge in [-0.05, 0) is 76.8 Å². The molecule has 3 aromatic rings. The first kappa shape index (κ1) is 31.1. The van der Waals surface area contributed by atoms with E-state index in [1.54, 1.807) is 30.3 Å². The van der Waals surface area contributed by atoms with Crippen molar-refractivity contribution in [3.05, 3.63) is 83.4 Å². The topological polar surface area (TPSA) is 109 Å². The van der Waals surface area contributed by atoms with Crippen molar-refractivity contribution in [2.45, 2.75) is 75.0 Å². The zero-order valence-electron chi connectivity index (χ0n) is 24.5. The normalized spacial score (nSPS) is 15.0. The fourth-order valence-electron chi connectivity index (χ4n) is 4.84. The van der Waals surface area contributed by atoms with E-state index in [1.807, 2.05) is 41.5 Å². The molecule has 0 spiro atoms. The van der Waals surface area contributed by atoms with E-state index in [4.69, 9.17) is 0 Å². The van der Waals surface area contributed by atoms with Crippen LogP contribution >= 0.6 is 0 Å². The Kier molecular flexibility index (Phi) is 7.90. The molecule has 0 aromatic heterocycles. The van der Waals surface area contributed by atoms with Crippen molar-refractivity contribution < 1.29 is 25.3 Å². The summed E-state index contributed by atoms with van der Waals surface area (Å²) in [6, 6.07) is 16.7. The van der Waals surface area contributed by atoms with Gasteiger partial charge in [0, 0.05) is 6.54 Å². The number of fused-ring (bicyclic) bond motifs is 1. The van der Waals surface area contributed by atoms with Gasteiger partial charge in [0.1, 0.15) is 0 Å². The molecule has 0 unspecified atom stereocenters. The molecule has 0 N–H and O–H groups in total. The van der Waals surface area contributed by atoms with Gasteiger partial charge in [0.15, 0.2) is 0 Å². The highest BCUT2D eigenvalue weighted by Gasteiger charge is 2.38. The first-order chi connectivity index (χ1) is 18.7. The van der Waals surface area contributed by atoms with Crippen LogP contribution in [0.15, 0.2) is 76.5 Å². The lowest BCUT2D eigenvalue weighted by Crippen LogP contribution is -2.38. The lowest BCUT2D eigenvalue weighted by atomic mass is 9.87. The van der Waals surface area contributed by atoms with Gasteiger partial charge in [-0.3, -0.25) is 4.31 Å². The zero-order valence-corrected chi connectivity index (χ0v) is 27.0. The molecule has 0 aliphatic carbocycles. The average molecular weight is 619 g/mol. The molecular weight excluding hydrogens is 581 g/mol. The first-order valence-corrected chi connectivity index (χ1v) is 18.1. The van der Waals surface area contributed by atoms with Crippen LogP contribution in [-0.4, -0.2) is 38.1 Å². The molecule has 0 saturated carbocycles. The van der Waals surface area contributed by atoms with Crippen LogP contribution < -0.4 is 8.02 Å². The second-order valence-electron chi connectivity index (χ2n) is 12.5. The Hall–Kier alpha value is -2.89. The standard InChI is InChI=1S/C30H38N2O6S3/c1-29(2,3)23-11-16-26(17-12-23)40(35,36)32(41(37,38)27-18-13-24(14-19-27)30(4,5)6)25-15-10-22-9-8-20-31(28(22)21-25)39(7,33)34/h10-19,21H,8-9,20H2,1-7H3. The van der Waals surface area contributed by atoms with Gasteiger partial charge < -0.3 is 0 Å². The summed E-state index contributed by atoms with van der Waals surface area (Å²) in [5.74, 6) is 0. The summed E-state index contributed by atoms with van der Waals surface area (Å²) in [5, 5.41) is 0. The van der Waals surface area contributed by atoms with Crippen LogP contribution in [0.1, 0.15) is 64.7 Å². The fraction of sp³-hybridized carbons (Fsp3) is 0.400. The number of hydrogen-bond donors (Lipinski definition) is 0. The highest BCUT2D eigenvalue weighted by Crippen LogP contribution is 2.38. The Morgan fingerprint density at radius 1 is 0.659 bits per heavy atom. The molecule has 3 aromatic carbocycles. The average Bonchev–Trinajstić information content (AvgIpc) is 2.86. The lowest BCUT2D eigenvalue weighted by Gasteiger charge is -2.31. The molecular formula is C30H38N2O6S3. The van der Waals surface area contributed by atoms with Crippen molar-refractivity contribution in [1.29, 1.82) is 0 Å². The van der Waals surface area contributed by atoms with Gasteiger partial charge >= 0.3 is 0 Å². The summed E-state index contributed by atoms with van der Waals surface area (Å²) in [5.41, 5.74) is 2.11. The summed E-state index contributed by atoms with van der Waals surface area (Å²) in [7, 11) is -13.0. The number of nitrogens with zero attached hydrogens (tertiary/aromatic N) is 2. The third kappa shape index (κ3) is 6.17. The molecule has 222 valence electrons. The number of benzene rings is 3. The van der Waals surface area contributed by atoms with Crippen LogP contribution in [0.4, 0.5) is 11.4 Å². The van der Waals surface area contributed by atoms with Crippen molar-refractivity contribution in [3.8, 4) is 0 Å². The van der Waals surface area contributed by atoms with Gasteiger partial charge in [0.2, 0.25) is 10.0 Å². The van der Waals surface area contributed by atoms with Crippen LogP contribution in [-0.2, 0) is 47.3 Å². The van der Waals surface area contributed by atoms with Gasteiger partial charge in [0.05, 0.1) is 27.4 Å². The van der Waals surface area contributed by atoms with E-state index in [9.17, 15) is 25.3 Å². The molecule has 1 heterocycles. The van der Waals surface area contributed by atoms with Gasteiger partial charge in [-0.25, -0.2) is 25.3 Å². The van der Waals surface area contributed by atoms with E-state index in [0.29, 0.717) is 22.1 Å². The minimum absolute atomic E-state index is 0.168. The van der Waals surface area contributed by atoms with E-state index in [-0.39, 0.29) is 38.5 Å². The Morgan fingerprint density at radius 3 is 1.49 bits per heavy atom. The predicted molar refractivity (Wildman–Crippen MR) is 164 cm³/mol. The summed E-state index contributed by atoms with van der Waals surface area (Å²) < 4.78 is 83.6. The highest BCUT2D eigenvalue weighted by molar-refractivity contribution is 8.10. The minimum Gasteiger partial charge on any atom is -0.270 e. The van der Waals surface area contributed by atoms with E-state index in [1.165, 1.54) is 40.7 Å². The Morgan fingerprint density at radius 2 is 1.10 bits per heavy atom. The first-order valence-electron chi connectivity index (χ1n) is 13.4. The predicted octanol–water partition coefficient (Wildman–Crippen LogP) is 5.58. The molecule has 1 aliphatic heterocycles. The second kappa shape index (κ2) is 10.4. The third-order valence-corrected chi connectivity index (χ3v) is 12.6. The number of aryl methyl sites for hydroxylation is 1. The minimum atomic E-state index is -4.66. The summed E-state index contributed by atoms with van der Waals surface area (Å²) in [4.78, 5) is -0.392. The van der Waals surface area contributed by atoms with Crippen LogP contribution in [0.2, 0.25) is 0 Å². The number of hydrogen-bond acceptors (Lipinski definition) is 6. The Labute approximate surface area is 245 Å². The van der Waals surface area contributed by atoms with Crippen LogP contribution in [0.25, 0.3) is 0 Å². The maximum atomic E-state index is 14.2. The molecule has 41 heavy (non-hydrogen) atoms. The maximum absolute atomic E-state index is 14.2. The number of sulfonamides is 3. The molecule has 11 heteroatoms. The maximum Gasteiger partial charge on any atom is 0.277 e. The van der Waals surface area contributed by atoms with Gasteiger partial charge in [-0.2, -0.15) is 3.71 Å². The van der Waals surface area contributed by atoms with E-state index in [2.05, 4.69) is 0 Å². The summed E-state index contributed by atoms with van der Waals surface area (Å²) in [6.07, 6.45) is 2.26. The van der Waals surface area contributed by atoms with Gasteiger partial charge in [0.25, 0.3) is 20.0 Å². The second-order valence-corrected chi connectivity index (χ2v) is 18.2. The molecule has 0 fully saturated rings. The molecule has 4 rings (SSSR count). The zero-order chi connectivity index (χ0) is 30.6. The van der Waals surface area contributed by atoms with Crippen molar-refractivity contribution in [2.24, 2.45) is 0 Å². The molecule has 1 aliphatic rings. The highest BCUT2D eigenvalue weighted by atomic mass is 32.3. The third-order valence-electron chi connectivity index (χ3n) is 7.23. The number of rotatable bonds is 6. The fourth-order valence-corrected chi connectivity index (χ4v) is 9.50. The van der Waals surface area contributed by atoms with E-state index in [0.717, 1.165) is 17.4 Å². The SMILES string of the molecule is CC(C)(C)c1ccc(S(=O)(=O)N(c2ccc3c(c2)N(S(C)(=O)=O)CCC3)S(=O)(=O)c2ccc(C(C)(C)C)cc2)cc1. The molecule has 0 radical (unpaired) electrons. The Bertz CT molecular complexity index is 1680. The Balaban J connectivity index is 1.95.